The van der Waals surface area contributed by atoms with E-state index in [1.54, 1.807) is 12.3 Å². The summed E-state index contributed by atoms with van der Waals surface area (Å²) in [6.45, 7) is 1.85. The molecule has 3 rings (SSSR count). The zero-order chi connectivity index (χ0) is 13.6. The molecule has 0 saturated heterocycles. The van der Waals surface area contributed by atoms with E-state index in [1.165, 1.54) is 6.07 Å². The van der Waals surface area contributed by atoms with Crippen LogP contribution >= 0.6 is 28.1 Å². The van der Waals surface area contributed by atoms with Crippen LogP contribution in [0.3, 0.4) is 0 Å². The maximum atomic E-state index is 13.5. The molecule has 2 aromatic rings. The molecule has 0 radical (unpaired) electrons. The predicted molar refractivity (Wildman–Crippen MR) is 78.1 cm³/mol. The topological polar surface area (TPSA) is 26.0 Å². The second kappa shape index (κ2) is 4.80. The molecule has 1 fully saturated rings. The molecule has 5 heteroatoms. The molecule has 0 spiro atoms. The summed E-state index contributed by atoms with van der Waals surface area (Å²) in [4.78, 5) is 0.668. The average molecular weight is 340 g/mol. The van der Waals surface area contributed by atoms with Crippen molar-refractivity contribution in [3.05, 3.63) is 51.1 Å². The number of halogens is 2. The Labute approximate surface area is 124 Å². The fraction of sp³-hybridized carbons (Fsp3) is 0.286. The second-order valence-electron chi connectivity index (χ2n) is 4.74. The quantitative estimate of drug-likeness (QED) is 0.607. The maximum absolute atomic E-state index is 13.5. The molecular weight excluding hydrogens is 329 g/mol. The zero-order valence-electron chi connectivity index (χ0n) is 10.2. The highest BCUT2D eigenvalue weighted by atomic mass is 79.9. The van der Waals surface area contributed by atoms with Crippen LogP contribution in [0.2, 0.25) is 0 Å². The van der Waals surface area contributed by atoms with E-state index in [4.69, 9.17) is 16.7 Å². The Morgan fingerprint density at radius 1 is 1.42 bits per heavy atom. The van der Waals surface area contributed by atoms with Gasteiger partial charge in [-0.05, 0) is 52.9 Å². The molecule has 0 amide bonds. The maximum Gasteiger partial charge on any atom is 0.148 e. The second-order valence-corrected chi connectivity index (χ2v) is 5.94. The van der Waals surface area contributed by atoms with Crippen LogP contribution in [0.4, 0.5) is 4.39 Å². The number of thiocarbonyl (C=S) groups is 1. The highest BCUT2D eigenvalue weighted by Gasteiger charge is 2.31. The Bertz CT molecular complexity index is 663. The third kappa shape index (κ3) is 2.25. The van der Waals surface area contributed by atoms with Gasteiger partial charge >= 0.3 is 0 Å². The van der Waals surface area contributed by atoms with E-state index < -0.39 is 0 Å². The molecule has 1 saturated carbocycles. The Morgan fingerprint density at radius 2 is 2.16 bits per heavy atom. The van der Waals surface area contributed by atoms with Crippen molar-refractivity contribution in [2.75, 3.05) is 0 Å². The van der Waals surface area contributed by atoms with E-state index in [1.807, 2.05) is 6.92 Å². The van der Waals surface area contributed by atoms with E-state index in [2.05, 4.69) is 21.1 Å². The number of hydrogen-bond acceptors (Lipinski definition) is 3. The number of nitrogens with zero attached hydrogens (tertiary/aromatic N) is 1. The average Bonchev–Trinajstić information content (AvgIpc) is 3.13. The molecule has 0 aliphatic heterocycles. The third-order valence-electron chi connectivity index (χ3n) is 3.37. The molecule has 0 bridgehead atoms. The van der Waals surface area contributed by atoms with Crippen LogP contribution < -0.4 is 0 Å². The Balaban J connectivity index is 2.04. The van der Waals surface area contributed by atoms with Gasteiger partial charge in [0.05, 0.1) is 21.1 Å². The van der Waals surface area contributed by atoms with Crippen LogP contribution in [-0.4, -0.2) is 10.0 Å². The van der Waals surface area contributed by atoms with Crippen molar-refractivity contribution in [2.45, 2.75) is 25.7 Å². The molecule has 1 heterocycles. The minimum atomic E-state index is -0.281. The molecule has 1 aliphatic carbocycles. The van der Waals surface area contributed by atoms with Gasteiger partial charge in [0.25, 0.3) is 0 Å². The smallest absolute Gasteiger partial charge is 0.148 e. The minimum absolute atomic E-state index is 0.281. The molecule has 19 heavy (non-hydrogen) atoms. The summed E-state index contributed by atoms with van der Waals surface area (Å²) in [5.41, 5.74) is 2.50. The summed E-state index contributed by atoms with van der Waals surface area (Å²) in [6, 6.07) is 3.13. The first-order valence-corrected chi connectivity index (χ1v) is 7.23. The fourth-order valence-electron chi connectivity index (χ4n) is 2.10. The molecule has 98 valence electrons. The van der Waals surface area contributed by atoms with E-state index in [0.29, 0.717) is 15.3 Å². The van der Waals surface area contributed by atoms with Crippen LogP contribution in [0.1, 0.15) is 41.2 Å². The molecule has 0 unspecified atom stereocenters. The molecule has 0 N–H and O–H groups in total. The number of benzene rings is 1. The summed E-state index contributed by atoms with van der Waals surface area (Å²) >= 11 is 8.77. The summed E-state index contributed by atoms with van der Waals surface area (Å²) in [7, 11) is 0. The highest BCUT2D eigenvalue weighted by Crippen LogP contribution is 2.42. The summed E-state index contributed by atoms with van der Waals surface area (Å²) in [5.74, 6) is 1.03. The lowest BCUT2D eigenvalue weighted by molar-refractivity contribution is 0.384. The van der Waals surface area contributed by atoms with Crippen molar-refractivity contribution in [3.63, 3.8) is 0 Å². The van der Waals surface area contributed by atoms with Crippen LogP contribution in [-0.2, 0) is 0 Å². The van der Waals surface area contributed by atoms with Crippen molar-refractivity contribution in [3.8, 4) is 0 Å². The van der Waals surface area contributed by atoms with Gasteiger partial charge in [-0.2, -0.15) is 0 Å². The monoisotopic (exact) mass is 339 g/mol. The highest BCUT2D eigenvalue weighted by molar-refractivity contribution is 9.10. The largest absolute Gasteiger partial charge is 0.360 e. The Hall–Kier alpha value is -1.07. The molecule has 1 aromatic heterocycles. The van der Waals surface area contributed by atoms with E-state index in [9.17, 15) is 4.39 Å². The molecular formula is C14H11BrFNOS. The Morgan fingerprint density at radius 3 is 2.84 bits per heavy atom. The summed E-state index contributed by atoms with van der Waals surface area (Å²) < 4.78 is 19.2. The van der Waals surface area contributed by atoms with Gasteiger partial charge in [0.1, 0.15) is 11.6 Å². The van der Waals surface area contributed by atoms with Gasteiger partial charge in [0, 0.05) is 5.92 Å². The molecule has 1 aromatic carbocycles. The van der Waals surface area contributed by atoms with Crippen molar-refractivity contribution in [1.82, 2.24) is 5.16 Å². The number of rotatable bonds is 3. The first-order chi connectivity index (χ1) is 9.09. The van der Waals surface area contributed by atoms with E-state index in [0.717, 1.165) is 35.3 Å². The first-order valence-electron chi connectivity index (χ1n) is 6.03. The van der Waals surface area contributed by atoms with Gasteiger partial charge in [-0.1, -0.05) is 23.4 Å². The zero-order valence-corrected chi connectivity index (χ0v) is 12.6. The lowest BCUT2D eigenvalue weighted by atomic mass is 9.99. The standard InChI is InChI=1S/C14H11BrFNOS/c1-7-9(4-5-11(16)12(7)15)14(19)10-6-17-18-13(10)8-2-3-8/h4-6,8H,2-3H2,1H3. The van der Waals surface area contributed by atoms with E-state index >= 15 is 0 Å². The van der Waals surface area contributed by atoms with E-state index in [-0.39, 0.29) is 5.82 Å². The van der Waals surface area contributed by atoms with Gasteiger partial charge in [0.2, 0.25) is 0 Å². The fourth-order valence-corrected chi connectivity index (χ4v) is 2.82. The van der Waals surface area contributed by atoms with Crippen molar-refractivity contribution < 1.29 is 8.91 Å². The minimum Gasteiger partial charge on any atom is -0.360 e. The predicted octanol–water partition coefficient (Wildman–Crippen LogP) is 4.53. The Kier molecular flexibility index (Phi) is 3.27. The summed E-state index contributed by atoms with van der Waals surface area (Å²) in [5, 5.41) is 3.85. The molecule has 1 aliphatic rings. The van der Waals surface area contributed by atoms with Crippen LogP contribution in [0.5, 0.6) is 0 Å². The third-order valence-corrected chi connectivity index (χ3v) is 4.79. The van der Waals surface area contributed by atoms with Gasteiger partial charge < -0.3 is 4.52 Å². The van der Waals surface area contributed by atoms with Crippen LogP contribution in [0, 0.1) is 12.7 Å². The van der Waals surface area contributed by atoms with Gasteiger partial charge in [-0.25, -0.2) is 4.39 Å². The lowest BCUT2D eigenvalue weighted by Crippen LogP contribution is -2.04. The van der Waals surface area contributed by atoms with Crippen molar-refractivity contribution in [2.24, 2.45) is 0 Å². The van der Waals surface area contributed by atoms with Gasteiger partial charge in [0.15, 0.2) is 0 Å². The molecule has 0 atom stereocenters. The number of aromatic nitrogens is 1. The molecule has 2 nitrogen and oxygen atoms in total. The number of hydrogen-bond donors (Lipinski definition) is 0. The lowest BCUT2D eigenvalue weighted by Gasteiger charge is -2.09. The van der Waals surface area contributed by atoms with Crippen LogP contribution in [0.25, 0.3) is 0 Å². The van der Waals surface area contributed by atoms with Crippen molar-refractivity contribution in [1.29, 1.82) is 0 Å². The normalized spacial score (nSPS) is 14.7. The van der Waals surface area contributed by atoms with Crippen molar-refractivity contribution >= 4 is 33.0 Å². The van der Waals surface area contributed by atoms with Gasteiger partial charge in [-0.15, -0.1) is 0 Å². The van der Waals surface area contributed by atoms with Crippen LogP contribution in [0.15, 0.2) is 27.3 Å². The summed E-state index contributed by atoms with van der Waals surface area (Å²) in [6.07, 6.45) is 3.90. The SMILES string of the molecule is Cc1c(C(=S)c2cnoc2C2CC2)ccc(F)c1Br. The van der Waals surface area contributed by atoms with Gasteiger partial charge in [-0.3, -0.25) is 0 Å². The first kappa shape index (κ1) is 12.9.